The van der Waals surface area contributed by atoms with Gasteiger partial charge in [0.05, 0.1) is 12.8 Å². The zero-order valence-electron chi connectivity index (χ0n) is 15.5. The Bertz CT molecular complexity index is 1110. The van der Waals surface area contributed by atoms with Crippen molar-refractivity contribution in [1.82, 2.24) is 9.38 Å². The van der Waals surface area contributed by atoms with Crippen LogP contribution in [0.1, 0.15) is 35.8 Å². The second-order valence-electron chi connectivity index (χ2n) is 6.71. The average Bonchev–Trinajstić information content (AvgIpc) is 3.27. The molecule has 0 aliphatic carbocycles. The Morgan fingerprint density at radius 3 is 2.56 bits per heavy atom. The molecule has 0 aliphatic rings. The number of thiazole rings is 1. The van der Waals surface area contributed by atoms with Crippen LogP contribution in [-0.2, 0) is 0 Å². The molecule has 136 valence electrons. The molecule has 2 heterocycles. The van der Waals surface area contributed by atoms with Crippen LogP contribution in [0, 0.1) is 0 Å². The van der Waals surface area contributed by atoms with Gasteiger partial charge in [-0.3, -0.25) is 9.20 Å². The van der Waals surface area contributed by atoms with E-state index in [1.165, 1.54) is 16.9 Å². The Balaban J connectivity index is 1.87. The standard InChI is InChI=1S/C22H20N2O2S/c1-14(2)15-7-9-16(10-8-15)21-19(12-25)24-20(13-27-22(24)23-21)17-5-4-6-18(11-17)26-3/h4-14H,1-3H3. The molecule has 27 heavy (non-hydrogen) atoms. The smallest absolute Gasteiger partial charge is 0.195 e. The number of hydrogen-bond acceptors (Lipinski definition) is 4. The summed E-state index contributed by atoms with van der Waals surface area (Å²) in [6, 6.07) is 16.1. The molecule has 0 fully saturated rings. The predicted octanol–water partition coefficient (Wildman–Crippen LogP) is 5.67. The second kappa shape index (κ2) is 7.00. The van der Waals surface area contributed by atoms with Gasteiger partial charge in [-0.05, 0) is 23.6 Å². The summed E-state index contributed by atoms with van der Waals surface area (Å²) in [5.74, 6) is 1.25. The molecular formula is C22H20N2O2S. The SMILES string of the molecule is COc1cccc(-c2csc3nc(-c4ccc(C(C)C)cc4)c(C=O)n23)c1. The molecule has 4 rings (SSSR count). The lowest BCUT2D eigenvalue weighted by atomic mass is 10.0. The van der Waals surface area contributed by atoms with Crippen LogP contribution in [0.5, 0.6) is 5.75 Å². The van der Waals surface area contributed by atoms with Gasteiger partial charge in [-0.15, -0.1) is 11.3 Å². The number of imidazole rings is 1. The topological polar surface area (TPSA) is 43.6 Å². The molecule has 2 aromatic carbocycles. The molecule has 2 aromatic heterocycles. The molecule has 0 unspecified atom stereocenters. The van der Waals surface area contributed by atoms with Gasteiger partial charge in [0.1, 0.15) is 17.1 Å². The van der Waals surface area contributed by atoms with Gasteiger partial charge < -0.3 is 4.74 Å². The lowest BCUT2D eigenvalue weighted by molar-refractivity contribution is 0.111. The molecule has 0 bridgehead atoms. The number of nitrogens with zero attached hydrogens (tertiary/aromatic N) is 2. The van der Waals surface area contributed by atoms with E-state index in [1.54, 1.807) is 7.11 Å². The Hall–Kier alpha value is -2.92. The maximum Gasteiger partial charge on any atom is 0.195 e. The quantitative estimate of drug-likeness (QED) is 0.421. The first kappa shape index (κ1) is 17.5. The van der Waals surface area contributed by atoms with Crippen LogP contribution in [0.4, 0.5) is 0 Å². The summed E-state index contributed by atoms with van der Waals surface area (Å²) in [4.78, 5) is 17.5. The number of hydrogen-bond donors (Lipinski definition) is 0. The van der Waals surface area contributed by atoms with Gasteiger partial charge in [0.2, 0.25) is 0 Å². The van der Waals surface area contributed by atoms with Gasteiger partial charge in [-0.2, -0.15) is 0 Å². The van der Waals surface area contributed by atoms with Gasteiger partial charge in [0.25, 0.3) is 0 Å². The molecule has 0 amide bonds. The van der Waals surface area contributed by atoms with E-state index >= 15 is 0 Å². The first-order valence-electron chi connectivity index (χ1n) is 8.82. The van der Waals surface area contributed by atoms with E-state index in [9.17, 15) is 4.79 Å². The van der Waals surface area contributed by atoms with Crippen LogP contribution in [-0.4, -0.2) is 22.8 Å². The summed E-state index contributed by atoms with van der Waals surface area (Å²) >= 11 is 1.53. The molecule has 4 aromatic rings. The summed E-state index contributed by atoms with van der Waals surface area (Å²) in [5, 5.41) is 2.02. The number of benzene rings is 2. The minimum absolute atomic E-state index is 0.467. The van der Waals surface area contributed by atoms with Crippen LogP contribution in [0.15, 0.2) is 53.9 Å². The molecular weight excluding hydrogens is 356 g/mol. The van der Waals surface area contributed by atoms with Gasteiger partial charge in [0.15, 0.2) is 11.2 Å². The maximum absolute atomic E-state index is 12.0. The van der Waals surface area contributed by atoms with Gasteiger partial charge >= 0.3 is 0 Å². The first-order chi connectivity index (χ1) is 13.1. The Morgan fingerprint density at radius 2 is 1.89 bits per heavy atom. The van der Waals surface area contributed by atoms with Crippen molar-refractivity contribution in [2.24, 2.45) is 0 Å². The number of aldehydes is 1. The van der Waals surface area contributed by atoms with E-state index in [4.69, 9.17) is 9.72 Å². The van der Waals surface area contributed by atoms with Crippen molar-refractivity contribution in [3.05, 3.63) is 65.2 Å². The first-order valence-corrected chi connectivity index (χ1v) is 9.70. The van der Waals surface area contributed by atoms with Crippen LogP contribution in [0.3, 0.4) is 0 Å². The highest BCUT2D eigenvalue weighted by Gasteiger charge is 2.18. The normalized spacial score (nSPS) is 11.3. The fourth-order valence-corrected chi connectivity index (χ4v) is 4.12. The Morgan fingerprint density at radius 1 is 1.11 bits per heavy atom. The highest BCUT2D eigenvalue weighted by atomic mass is 32.1. The van der Waals surface area contributed by atoms with Crippen LogP contribution in [0.25, 0.3) is 27.5 Å². The number of fused-ring (bicyclic) bond motifs is 1. The van der Waals surface area contributed by atoms with E-state index < -0.39 is 0 Å². The van der Waals surface area contributed by atoms with Crippen molar-refractivity contribution in [2.45, 2.75) is 19.8 Å². The van der Waals surface area contributed by atoms with Crippen LogP contribution in [0.2, 0.25) is 0 Å². The number of methoxy groups -OCH3 is 1. The minimum Gasteiger partial charge on any atom is -0.497 e. The predicted molar refractivity (Wildman–Crippen MR) is 110 cm³/mol. The molecule has 0 saturated heterocycles. The van der Waals surface area contributed by atoms with E-state index in [-0.39, 0.29) is 0 Å². The maximum atomic E-state index is 12.0. The number of carbonyl (C=O) groups excluding carboxylic acids is 1. The summed E-state index contributed by atoms with van der Waals surface area (Å²) < 4.78 is 7.26. The van der Waals surface area contributed by atoms with Crippen molar-refractivity contribution in [1.29, 1.82) is 0 Å². The number of aromatic nitrogens is 2. The lowest BCUT2D eigenvalue weighted by Gasteiger charge is -2.07. The van der Waals surface area contributed by atoms with Crippen molar-refractivity contribution in [2.75, 3.05) is 7.11 Å². The second-order valence-corrected chi connectivity index (χ2v) is 7.55. The fraction of sp³-hybridized carbons (Fsp3) is 0.182. The van der Waals surface area contributed by atoms with Crippen molar-refractivity contribution >= 4 is 22.6 Å². The third-order valence-electron chi connectivity index (χ3n) is 4.73. The monoisotopic (exact) mass is 376 g/mol. The molecule has 0 radical (unpaired) electrons. The summed E-state index contributed by atoms with van der Waals surface area (Å²) in [7, 11) is 1.65. The number of rotatable bonds is 5. The van der Waals surface area contributed by atoms with Crippen LogP contribution < -0.4 is 4.74 Å². The highest BCUT2D eigenvalue weighted by molar-refractivity contribution is 7.15. The minimum atomic E-state index is 0.467. The van der Waals surface area contributed by atoms with Crippen molar-refractivity contribution in [3.63, 3.8) is 0 Å². The third-order valence-corrected chi connectivity index (χ3v) is 5.55. The van der Waals surface area contributed by atoms with Gasteiger partial charge in [-0.25, -0.2) is 4.98 Å². The van der Waals surface area contributed by atoms with Crippen molar-refractivity contribution in [3.8, 4) is 28.3 Å². The largest absolute Gasteiger partial charge is 0.497 e. The molecule has 0 aliphatic heterocycles. The van der Waals surface area contributed by atoms with E-state index in [0.717, 1.165) is 39.5 Å². The summed E-state index contributed by atoms with van der Waals surface area (Å²) in [6.45, 7) is 4.33. The summed E-state index contributed by atoms with van der Waals surface area (Å²) in [5.41, 5.74) is 5.44. The Kier molecular flexibility index (Phi) is 4.54. The molecule has 4 nitrogen and oxygen atoms in total. The van der Waals surface area contributed by atoms with Gasteiger partial charge in [0, 0.05) is 16.5 Å². The molecule has 0 atom stereocenters. The Labute approximate surface area is 162 Å². The van der Waals surface area contributed by atoms with Crippen LogP contribution >= 0.6 is 11.3 Å². The van der Waals surface area contributed by atoms with Crippen molar-refractivity contribution < 1.29 is 9.53 Å². The van der Waals surface area contributed by atoms with E-state index in [1.807, 2.05) is 46.2 Å². The zero-order chi connectivity index (χ0) is 19.0. The molecule has 5 heteroatoms. The summed E-state index contributed by atoms with van der Waals surface area (Å²) in [6.07, 6.45) is 0.891. The molecule has 0 N–H and O–H groups in total. The fourth-order valence-electron chi connectivity index (χ4n) is 3.21. The van der Waals surface area contributed by atoms with E-state index in [2.05, 4.69) is 26.0 Å². The van der Waals surface area contributed by atoms with E-state index in [0.29, 0.717) is 11.6 Å². The number of ether oxygens (including phenoxy) is 1. The molecule has 0 spiro atoms. The number of carbonyl (C=O) groups is 1. The van der Waals surface area contributed by atoms with Gasteiger partial charge in [-0.1, -0.05) is 50.2 Å². The zero-order valence-corrected chi connectivity index (χ0v) is 16.3. The average molecular weight is 376 g/mol. The lowest BCUT2D eigenvalue weighted by Crippen LogP contribution is -1.95. The third kappa shape index (κ3) is 3.04. The molecule has 0 saturated carbocycles. The highest BCUT2D eigenvalue weighted by Crippen LogP contribution is 2.33.